The molecule has 1 unspecified atom stereocenters. The summed E-state index contributed by atoms with van der Waals surface area (Å²) in [7, 11) is -3.50. The van der Waals surface area contributed by atoms with Gasteiger partial charge in [0.1, 0.15) is 5.82 Å². The van der Waals surface area contributed by atoms with E-state index >= 15 is 0 Å². The second-order valence-electron chi connectivity index (χ2n) is 6.47. The molecule has 1 heterocycles. The van der Waals surface area contributed by atoms with Gasteiger partial charge in [0, 0.05) is 5.69 Å². The largest absolute Gasteiger partial charge is 0.357 e. The monoisotopic (exact) mass is 362 g/mol. The highest BCUT2D eigenvalue weighted by Crippen LogP contribution is 2.62. The summed E-state index contributed by atoms with van der Waals surface area (Å²) < 4.78 is 25.3. The minimum Gasteiger partial charge on any atom is -0.353 e. The number of anilines is 1. The van der Waals surface area contributed by atoms with Crippen LogP contribution in [-0.4, -0.2) is 17.2 Å². The highest BCUT2D eigenvalue weighted by Gasteiger charge is 2.39. The molecule has 0 aliphatic carbocycles. The first-order chi connectivity index (χ1) is 11.8. The van der Waals surface area contributed by atoms with E-state index in [9.17, 15) is 4.57 Å². The highest BCUT2D eigenvalue weighted by molar-refractivity contribution is 7.54. The van der Waals surface area contributed by atoms with Gasteiger partial charge in [0.25, 0.3) is 0 Å². The number of hydrogen-bond acceptors (Lipinski definition) is 5. The second kappa shape index (κ2) is 8.61. The third-order valence-electron chi connectivity index (χ3n) is 3.32. The molecular formula is C19H27N2O3P. The zero-order valence-corrected chi connectivity index (χ0v) is 16.4. The second-order valence-corrected chi connectivity index (χ2v) is 8.49. The van der Waals surface area contributed by atoms with Gasteiger partial charge in [0.2, 0.25) is 0 Å². The highest BCUT2D eigenvalue weighted by atomic mass is 31.2. The quantitative estimate of drug-likeness (QED) is 0.624. The van der Waals surface area contributed by atoms with Crippen molar-refractivity contribution in [2.45, 2.75) is 52.6 Å². The predicted octanol–water partition coefficient (Wildman–Crippen LogP) is 5.54. The van der Waals surface area contributed by atoms with E-state index in [1.54, 1.807) is 0 Å². The van der Waals surface area contributed by atoms with Crippen molar-refractivity contribution in [3.8, 4) is 0 Å². The number of hydrogen-bond donors (Lipinski definition) is 1. The summed E-state index contributed by atoms with van der Waals surface area (Å²) in [5.41, 5.74) is 1.71. The van der Waals surface area contributed by atoms with Gasteiger partial charge in [-0.3, -0.25) is 4.57 Å². The van der Waals surface area contributed by atoms with Crippen LogP contribution < -0.4 is 5.32 Å². The Morgan fingerprint density at radius 3 is 2.04 bits per heavy atom. The topological polar surface area (TPSA) is 60.5 Å². The molecule has 0 saturated heterocycles. The Morgan fingerprint density at radius 1 is 0.920 bits per heavy atom. The molecule has 0 aliphatic rings. The number of aryl methyl sites for hydroxylation is 1. The van der Waals surface area contributed by atoms with E-state index in [0.717, 1.165) is 11.3 Å². The van der Waals surface area contributed by atoms with Crippen molar-refractivity contribution >= 4 is 13.4 Å². The number of benzene rings is 1. The number of rotatable bonds is 8. The van der Waals surface area contributed by atoms with Crippen LogP contribution >= 0.6 is 7.60 Å². The average Bonchev–Trinajstić information content (AvgIpc) is 2.52. The van der Waals surface area contributed by atoms with Crippen LogP contribution in [0.4, 0.5) is 5.82 Å². The summed E-state index contributed by atoms with van der Waals surface area (Å²) in [4.78, 5) is 4.47. The Morgan fingerprint density at radius 2 is 1.52 bits per heavy atom. The summed E-state index contributed by atoms with van der Waals surface area (Å²) in [5.74, 6) is -0.0124. The molecule has 0 amide bonds. The molecule has 1 aromatic carbocycles. The summed E-state index contributed by atoms with van der Waals surface area (Å²) in [6.07, 6.45) is -0.467. The van der Waals surface area contributed by atoms with E-state index in [4.69, 9.17) is 9.05 Å². The summed E-state index contributed by atoms with van der Waals surface area (Å²) in [6.45, 7) is 9.32. The van der Waals surface area contributed by atoms with E-state index in [1.165, 1.54) is 0 Å². The fraction of sp³-hybridized carbons (Fsp3) is 0.421. The smallest absolute Gasteiger partial charge is 0.353 e. The third-order valence-corrected chi connectivity index (χ3v) is 5.81. The van der Waals surface area contributed by atoms with E-state index in [1.807, 2.05) is 83.1 Å². The maximum atomic E-state index is 13.7. The van der Waals surface area contributed by atoms with Gasteiger partial charge in [-0.25, -0.2) is 4.98 Å². The zero-order chi connectivity index (χ0) is 18.4. The standard InChI is InChI=1S/C19H27N2O3P/c1-14(2)23-25(22,24-15(3)4)19(17-11-7-6-8-12-17)21-18-13-9-10-16(5)20-18/h6-15,19H,1-5H3,(H,20,21). The van der Waals surface area contributed by atoms with Crippen LogP contribution in [0.5, 0.6) is 0 Å². The fourth-order valence-corrected chi connectivity index (χ4v) is 4.77. The lowest BCUT2D eigenvalue weighted by atomic mass is 10.2. The van der Waals surface area contributed by atoms with Crippen LogP contribution in [0.2, 0.25) is 0 Å². The molecule has 0 radical (unpaired) electrons. The molecule has 0 spiro atoms. The zero-order valence-electron chi connectivity index (χ0n) is 15.5. The Bertz CT molecular complexity index is 706. The first kappa shape index (κ1) is 19.6. The lowest BCUT2D eigenvalue weighted by Crippen LogP contribution is -2.19. The lowest BCUT2D eigenvalue weighted by molar-refractivity contribution is 0.138. The van der Waals surface area contributed by atoms with Crippen molar-refractivity contribution < 1.29 is 13.6 Å². The molecule has 2 rings (SSSR count). The van der Waals surface area contributed by atoms with Crippen LogP contribution in [0.15, 0.2) is 48.5 Å². The summed E-state index contributed by atoms with van der Waals surface area (Å²) >= 11 is 0. The van der Waals surface area contributed by atoms with Crippen molar-refractivity contribution in [1.29, 1.82) is 0 Å². The van der Waals surface area contributed by atoms with E-state index in [0.29, 0.717) is 5.82 Å². The van der Waals surface area contributed by atoms with Crippen molar-refractivity contribution in [2.24, 2.45) is 0 Å². The molecule has 1 aromatic heterocycles. The maximum absolute atomic E-state index is 13.7. The van der Waals surface area contributed by atoms with Crippen molar-refractivity contribution in [3.63, 3.8) is 0 Å². The van der Waals surface area contributed by atoms with Gasteiger partial charge < -0.3 is 14.4 Å². The van der Waals surface area contributed by atoms with Crippen molar-refractivity contribution in [3.05, 3.63) is 59.8 Å². The third kappa shape index (κ3) is 5.67. The fourth-order valence-electron chi connectivity index (χ4n) is 2.48. The molecule has 2 aromatic rings. The Hall–Kier alpha value is -1.68. The first-order valence-electron chi connectivity index (χ1n) is 8.52. The SMILES string of the molecule is Cc1cccc(NC(c2ccccc2)P(=O)(OC(C)C)OC(C)C)n1. The van der Waals surface area contributed by atoms with Gasteiger partial charge in [-0.2, -0.15) is 0 Å². The molecular weight excluding hydrogens is 335 g/mol. The van der Waals surface area contributed by atoms with E-state index < -0.39 is 13.4 Å². The molecule has 0 fully saturated rings. The van der Waals surface area contributed by atoms with E-state index in [2.05, 4.69) is 10.3 Å². The molecule has 0 bridgehead atoms. The maximum Gasteiger partial charge on any atom is 0.357 e. The summed E-state index contributed by atoms with van der Waals surface area (Å²) in [6, 6.07) is 15.2. The number of aromatic nitrogens is 1. The van der Waals surface area contributed by atoms with E-state index in [-0.39, 0.29) is 12.2 Å². The van der Waals surface area contributed by atoms with Crippen molar-refractivity contribution in [1.82, 2.24) is 4.98 Å². The Kier molecular flexibility index (Phi) is 6.77. The van der Waals surface area contributed by atoms with Crippen LogP contribution in [0.3, 0.4) is 0 Å². The van der Waals surface area contributed by atoms with Gasteiger partial charge >= 0.3 is 7.60 Å². The molecule has 1 N–H and O–H groups in total. The minimum absolute atomic E-state index is 0.233. The number of nitrogens with zero attached hydrogens (tertiary/aromatic N) is 1. The molecule has 1 atom stereocenters. The number of nitrogens with one attached hydrogen (secondary N) is 1. The van der Waals surface area contributed by atoms with Crippen LogP contribution in [0, 0.1) is 6.92 Å². The van der Waals surface area contributed by atoms with Crippen LogP contribution in [-0.2, 0) is 13.6 Å². The average molecular weight is 362 g/mol. The molecule has 5 nitrogen and oxygen atoms in total. The molecule has 25 heavy (non-hydrogen) atoms. The van der Waals surface area contributed by atoms with Crippen LogP contribution in [0.1, 0.15) is 44.7 Å². The van der Waals surface area contributed by atoms with Gasteiger partial charge in [0.15, 0.2) is 5.78 Å². The lowest BCUT2D eigenvalue weighted by Gasteiger charge is -2.31. The summed E-state index contributed by atoms with van der Waals surface area (Å²) in [5, 5.41) is 3.26. The van der Waals surface area contributed by atoms with Gasteiger partial charge in [-0.1, -0.05) is 36.4 Å². The Balaban J connectivity index is 2.46. The molecule has 136 valence electrons. The Labute approximate surface area is 150 Å². The number of pyridine rings is 1. The van der Waals surface area contributed by atoms with Gasteiger partial charge in [-0.15, -0.1) is 0 Å². The molecule has 6 heteroatoms. The normalized spacial score (nSPS) is 13.2. The molecule has 0 saturated carbocycles. The minimum atomic E-state index is -3.50. The first-order valence-corrected chi connectivity index (χ1v) is 10.1. The van der Waals surface area contributed by atoms with Gasteiger partial charge in [0.05, 0.1) is 12.2 Å². The molecule has 0 aliphatic heterocycles. The predicted molar refractivity (Wildman–Crippen MR) is 102 cm³/mol. The van der Waals surface area contributed by atoms with Crippen molar-refractivity contribution in [2.75, 3.05) is 5.32 Å². The van der Waals surface area contributed by atoms with Crippen LogP contribution in [0.25, 0.3) is 0 Å². The van der Waals surface area contributed by atoms with Gasteiger partial charge in [-0.05, 0) is 52.3 Å².